The van der Waals surface area contributed by atoms with Crippen LogP contribution < -0.4 is 10.5 Å². The number of benzene rings is 1. The minimum atomic E-state index is -0.391. The Balaban J connectivity index is 1.96. The molecule has 1 aromatic carbocycles. The third-order valence-corrected chi connectivity index (χ3v) is 3.44. The summed E-state index contributed by atoms with van der Waals surface area (Å²) in [4.78, 5) is 0. The first-order valence-electron chi connectivity index (χ1n) is 6.88. The normalized spacial score (nSPS) is 19.7. The van der Waals surface area contributed by atoms with Crippen LogP contribution in [0, 0.1) is 23.1 Å². The lowest BCUT2D eigenvalue weighted by atomic mass is 10.0. The van der Waals surface area contributed by atoms with E-state index in [0.717, 1.165) is 12.8 Å². The van der Waals surface area contributed by atoms with Gasteiger partial charge >= 0.3 is 0 Å². The van der Waals surface area contributed by atoms with Crippen LogP contribution >= 0.6 is 0 Å². The fraction of sp³-hybridized carbons (Fsp3) is 0.250. The predicted octanol–water partition coefficient (Wildman–Crippen LogP) is 1.84. The van der Waals surface area contributed by atoms with Crippen LogP contribution in [0.5, 0.6) is 5.75 Å². The molecular formula is C16H15FN4O. The summed E-state index contributed by atoms with van der Waals surface area (Å²) < 4.78 is 19.4. The minimum Gasteiger partial charge on any atom is -0.477 e. The maximum absolute atomic E-state index is 13.6. The highest BCUT2D eigenvalue weighted by atomic mass is 19.1. The molecule has 0 amide bonds. The molecule has 22 heavy (non-hydrogen) atoms. The standard InChI is InChI=1S/C16H15FN4O/c1-10-9-21(16(18)19)20-15(10)13-7-6-11(17)8-14(13)22-12-4-2-3-5-12/h6-8,12H,1-2,4,9H2,(H3,18,19). The van der Waals surface area contributed by atoms with E-state index in [0.29, 0.717) is 29.1 Å². The first-order valence-corrected chi connectivity index (χ1v) is 6.88. The lowest BCUT2D eigenvalue weighted by Gasteiger charge is -2.14. The molecule has 2 aliphatic rings. The molecule has 1 aromatic rings. The zero-order chi connectivity index (χ0) is 15.7. The Kier molecular flexibility index (Phi) is 3.55. The Bertz CT molecular complexity index is 744. The molecule has 0 saturated heterocycles. The van der Waals surface area contributed by atoms with Crippen LogP contribution in [-0.2, 0) is 0 Å². The predicted molar refractivity (Wildman–Crippen MR) is 82.1 cm³/mol. The summed E-state index contributed by atoms with van der Waals surface area (Å²) in [5, 5.41) is 13.0. The molecule has 1 aliphatic carbocycles. The first kappa shape index (κ1) is 14.1. The highest BCUT2D eigenvalue weighted by molar-refractivity contribution is 6.15. The minimum absolute atomic E-state index is 0.164. The fourth-order valence-corrected chi connectivity index (χ4v) is 2.36. The molecule has 1 atom stereocenters. The number of nitrogens with one attached hydrogen (secondary N) is 1. The molecule has 0 spiro atoms. The molecule has 1 heterocycles. The number of rotatable bonds is 3. The van der Waals surface area contributed by atoms with E-state index in [9.17, 15) is 4.39 Å². The third-order valence-electron chi connectivity index (χ3n) is 3.44. The van der Waals surface area contributed by atoms with E-state index in [1.165, 1.54) is 17.1 Å². The number of nitrogens with zero attached hydrogens (tertiary/aromatic N) is 2. The molecule has 3 N–H and O–H groups in total. The van der Waals surface area contributed by atoms with Crippen molar-refractivity contribution in [2.75, 3.05) is 6.54 Å². The molecule has 0 radical (unpaired) electrons. The zero-order valence-electron chi connectivity index (χ0n) is 11.9. The average Bonchev–Trinajstić information content (AvgIpc) is 3.09. The van der Waals surface area contributed by atoms with E-state index >= 15 is 0 Å². The van der Waals surface area contributed by atoms with Crippen molar-refractivity contribution in [1.29, 1.82) is 5.41 Å². The highest BCUT2D eigenvalue weighted by Crippen LogP contribution is 2.28. The van der Waals surface area contributed by atoms with Gasteiger partial charge < -0.3 is 10.5 Å². The molecule has 0 aromatic heterocycles. The van der Waals surface area contributed by atoms with Gasteiger partial charge in [0.15, 0.2) is 6.10 Å². The van der Waals surface area contributed by atoms with Crippen molar-refractivity contribution < 1.29 is 9.13 Å². The lowest BCUT2D eigenvalue weighted by molar-refractivity contribution is 0.254. The quantitative estimate of drug-likeness (QED) is 0.508. The van der Waals surface area contributed by atoms with E-state index in [2.05, 4.69) is 23.5 Å². The molecular weight excluding hydrogens is 283 g/mol. The van der Waals surface area contributed by atoms with Crippen LogP contribution in [0.15, 0.2) is 35.5 Å². The van der Waals surface area contributed by atoms with Crippen LogP contribution in [0.1, 0.15) is 18.4 Å². The smallest absolute Gasteiger partial charge is 0.209 e. The van der Waals surface area contributed by atoms with Gasteiger partial charge in [0.05, 0.1) is 12.3 Å². The average molecular weight is 298 g/mol. The molecule has 6 heteroatoms. The molecule has 3 rings (SSSR count). The van der Waals surface area contributed by atoms with Gasteiger partial charge in [0.1, 0.15) is 11.6 Å². The van der Waals surface area contributed by atoms with Crippen LogP contribution in [0.4, 0.5) is 4.39 Å². The Hall–Kier alpha value is -2.81. The van der Waals surface area contributed by atoms with Crippen molar-refractivity contribution in [2.24, 2.45) is 10.8 Å². The van der Waals surface area contributed by atoms with Crippen molar-refractivity contribution in [1.82, 2.24) is 5.01 Å². The largest absolute Gasteiger partial charge is 0.477 e. The van der Waals surface area contributed by atoms with Crippen molar-refractivity contribution in [3.8, 4) is 17.6 Å². The van der Waals surface area contributed by atoms with E-state index in [1.54, 1.807) is 6.07 Å². The number of hydrazone groups is 1. The van der Waals surface area contributed by atoms with Gasteiger partial charge in [0.25, 0.3) is 0 Å². The summed E-state index contributed by atoms with van der Waals surface area (Å²) in [5.74, 6) is 5.74. The molecule has 112 valence electrons. The summed E-state index contributed by atoms with van der Waals surface area (Å²) in [6.45, 7) is 4.28. The Labute approximate surface area is 127 Å². The summed E-state index contributed by atoms with van der Waals surface area (Å²) in [7, 11) is 0. The van der Waals surface area contributed by atoms with Crippen molar-refractivity contribution in [2.45, 2.75) is 18.9 Å². The monoisotopic (exact) mass is 298 g/mol. The van der Waals surface area contributed by atoms with Crippen LogP contribution in [0.25, 0.3) is 0 Å². The van der Waals surface area contributed by atoms with Gasteiger partial charge in [0.2, 0.25) is 5.96 Å². The zero-order valence-corrected chi connectivity index (χ0v) is 11.9. The van der Waals surface area contributed by atoms with Gasteiger partial charge in [-0.15, -0.1) is 0 Å². The summed E-state index contributed by atoms with van der Waals surface area (Å²) >= 11 is 0. The maximum atomic E-state index is 13.6. The van der Waals surface area contributed by atoms with Gasteiger partial charge in [-0.2, -0.15) is 5.10 Å². The first-order chi connectivity index (χ1) is 10.5. The second kappa shape index (κ2) is 5.53. The topological polar surface area (TPSA) is 74.7 Å². The summed E-state index contributed by atoms with van der Waals surface area (Å²) in [6.07, 6.45) is 1.31. The van der Waals surface area contributed by atoms with E-state index in [4.69, 9.17) is 15.9 Å². The molecule has 1 aliphatic heterocycles. The second-order valence-electron chi connectivity index (χ2n) is 5.10. The van der Waals surface area contributed by atoms with Gasteiger partial charge in [-0.1, -0.05) is 18.4 Å². The molecule has 0 bridgehead atoms. The number of nitrogens with two attached hydrogens (primary N) is 1. The number of ether oxygens (including phenoxy) is 1. The Morgan fingerprint density at radius 3 is 3.00 bits per heavy atom. The molecule has 5 nitrogen and oxygen atoms in total. The van der Waals surface area contributed by atoms with Crippen LogP contribution in [-0.4, -0.2) is 29.3 Å². The second-order valence-corrected chi connectivity index (χ2v) is 5.10. The number of halogens is 1. The van der Waals surface area contributed by atoms with Crippen molar-refractivity contribution in [3.63, 3.8) is 0 Å². The molecule has 1 unspecified atom stereocenters. The highest BCUT2D eigenvalue weighted by Gasteiger charge is 2.25. The van der Waals surface area contributed by atoms with Gasteiger partial charge in [-0.25, -0.2) is 9.40 Å². The molecule has 0 saturated carbocycles. The maximum Gasteiger partial charge on any atom is 0.209 e. The van der Waals surface area contributed by atoms with E-state index in [-0.39, 0.29) is 12.1 Å². The lowest BCUT2D eigenvalue weighted by Crippen LogP contribution is -2.30. The Morgan fingerprint density at radius 2 is 2.36 bits per heavy atom. The van der Waals surface area contributed by atoms with Gasteiger partial charge in [-0.05, 0) is 17.7 Å². The van der Waals surface area contributed by atoms with E-state index < -0.39 is 5.82 Å². The van der Waals surface area contributed by atoms with Crippen LogP contribution in [0.2, 0.25) is 0 Å². The Morgan fingerprint density at radius 1 is 1.55 bits per heavy atom. The number of guanidine groups is 1. The third kappa shape index (κ3) is 2.66. The summed E-state index contributed by atoms with van der Waals surface area (Å²) in [5.41, 5.74) is 7.32. The number of hydrogen-bond acceptors (Lipinski definition) is 3. The van der Waals surface area contributed by atoms with E-state index in [1.807, 2.05) is 0 Å². The summed E-state index contributed by atoms with van der Waals surface area (Å²) in [6, 6.07) is 4.26. The van der Waals surface area contributed by atoms with Gasteiger partial charge in [0, 0.05) is 24.5 Å². The van der Waals surface area contributed by atoms with Gasteiger partial charge in [-0.3, -0.25) is 5.41 Å². The molecule has 0 fully saturated rings. The number of hydrogen-bond donors (Lipinski definition) is 2. The van der Waals surface area contributed by atoms with Crippen molar-refractivity contribution >= 4 is 11.7 Å². The van der Waals surface area contributed by atoms with Crippen LogP contribution in [0.3, 0.4) is 0 Å². The SMILES string of the molecule is C=C1CN(C(=N)N)N=C1c1ccc(F)cc1OC1C#CCC1. The van der Waals surface area contributed by atoms with Crippen molar-refractivity contribution in [3.05, 3.63) is 41.7 Å². The fourth-order valence-electron chi connectivity index (χ4n) is 2.36.